The van der Waals surface area contributed by atoms with Gasteiger partial charge in [-0.15, -0.1) is 5.10 Å². The number of hydrogen-bond donors (Lipinski definition) is 1. The fraction of sp³-hybridized carbons (Fsp3) is 0.714. The van der Waals surface area contributed by atoms with Gasteiger partial charge in [-0.3, -0.25) is 0 Å². The van der Waals surface area contributed by atoms with Crippen LogP contribution >= 0.6 is 0 Å². The van der Waals surface area contributed by atoms with Gasteiger partial charge in [0.05, 0.1) is 11.3 Å². The van der Waals surface area contributed by atoms with E-state index in [1.165, 1.54) is 12.8 Å². The Morgan fingerprint density at radius 1 is 1.28 bits per heavy atom. The highest BCUT2D eigenvalue weighted by Crippen LogP contribution is 2.40. The monoisotopic (exact) mass is 247 g/mol. The van der Waals surface area contributed by atoms with E-state index in [4.69, 9.17) is 0 Å². The summed E-state index contributed by atoms with van der Waals surface area (Å²) < 4.78 is 0. The molecule has 1 aromatic rings. The van der Waals surface area contributed by atoms with Crippen molar-refractivity contribution in [2.24, 2.45) is 5.92 Å². The van der Waals surface area contributed by atoms with Crippen molar-refractivity contribution in [1.82, 2.24) is 10.2 Å². The number of fused-ring (bicyclic) bond motifs is 1. The van der Waals surface area contributed by atoms with Gasteiger partial charge in [0.2, 0.25) is 0 Å². The molecule has 2 unspecified atom stereocenters. The van der Waals surface area contributed by atoms with Crippen molar-refractivity contribution in [2.45, 2.75) is 44.6 Å². The Hall–Kier alpha value is -1.16. The lowest BCUT2D eigenvalue weighted by Gasteiger charge is -2.47. The molecule has 2 fully saturated rings. The van der Waals surface area contributed by atoms with E-state index in [0.717, 1.165) is 43.9 Å². The Kier molecular flexibility index (Phi) is 2.98. The minimum Gasteiger partial charge on any atom is -0.389 e. The lowest BCUT2D eigenvalue weighted by Crippen LogP contribution is -2.53. The molecule has 0 spiro atoms. The molecule has 1 N–H and O–H groups in total. The largest absolute Gasteiger partial charge is 0.389 e. The van der Waals surface area contributed by atoms with Crippen LogP contribution in [0.15, 0.2) is 12.1 Å². The molecule has 3 rings (SSSR count). The third-order valence-corrected chi connectivity index (χ3v) is 4.54. The van der Waals surface area contributed by atoms with Crippen molar-refractivity contribution in [3.63, 3.8) is 0 Å². The zero-order valence-electron chi connectivity index (χ0n) is 11.0. The van der Waals surface area contributed by atoms with Crippen molar-refractivity contribution in [1.29, 1.82) is 0 Å². The Morgan fingerprint density at radius 3 is 2.94 bits per heavy atom. The number of anilines is 1. The van der Waals surface area contributed by atoms with E-state index in [1.54, 1.807) is 0 Å². The molecule has 1 saturated heterocycles. The summed E-state index contributed by atoms with van der Waals surface area (Å²) in [5.74, 6) is 1.36. The standard InChI is InChI=1S/C14H21N3O/c1-11-5-6-13(16-15-11)17-9-8-14(18)7-3-2-4-12(14)10-17/h5-6,12,18H,2-4,7-10H2,1H3. The van der Waals surface area contributed by atoms with Crippen LogP contribution in [0.4, 0.5) is 5.82 Å². The first-order valence-electron chi connectivity index (χ1n) is 6.95. The summed E-state index contributed by atoms with van der Waals surface area (Å²) in [6, 6.07) is 4.04. The molecule has 0 aromatic carbocycles. The van der Waals surface area contributed by atoms with Crippen LogP contribution in [0, 0.1) is 12.8 Å². The minimum absolute atomic E-state index is 0.406. The molecule has 1 aromatic heterocycles. The Bertz CT molecular complexity index is 420. The SMILES string of the molecule is Cc1ccc(N2CCC3(O)CCCCC3C2)nn1. The molecule has 4 heteroatoms. The topological polar surface area (TPSA) is 49.2 Å². The van der Waals surface area contributed by atoms with Crippen molar-refractivity contribution in [3.8, 4) is 0 Å². The second-order valence-corrected chi connectivity index (χ2v) is 5.78. The number of piperidine rings is 1. The summed E-state index contributed by atoms with van der Waals surface area (Å²) in [7, 11) is 0. The highest BCUT2D eigenvalue weighted by Gasteiger charge is 2.42. The van der Waals surface area contributed by atoms with Crippen molar-refractivity contribution >= 4 is 5.82 Å². The molecule has 2 aliphatic rings. The number of aromatic nitrogens is 2. The molecule has 0 radical (unpaired) electrons. The molecular formula is C14H21N3O. The second kappa shape index (κ2) is 4.50. The number of hydrogen-bond acceptors (Lipinski definition) is 4. The molecular weight excluding hydrogens is 226 g/mol. The maximum absolute atomic E-state index is 10.6. The van der Waals surface area contributed by atoms with Crippen molar-refractivity contribution < 1.29 is 5.11 Å². The molecule has 4 nitrogen and oxygen atoms in total. The molecule has 1 aliphatic heterocycles. The Morgan fingerprint density at radius 2 is 2.17 bits per heavy atom. The van der Waals surface area contributed by atoms with E-state index < -0.39 is 5.60 Å². The number of aryl methyl sites for hydroxylation is 1. The molecule has 0 amide bonds. The van der Waals surface area contributed by atoms with Crippen LogP contribution in [0.2, 0.25) is 0 Å². The number of aliphatic hydroxyl groups is 1. The van der Waals surface area contributed by atoms with Crippen molar-refractivity contribution in [3.05, 3.63) is 17.8 Å². The third-order valence-electron chi connectivity index (χ3n) is 4.54. The zero-order chi connectivity index (χ0) is 12.6. The van der Waals surface area contributed by atoms with Crippen LogP contribution in [0.1, 0.15) is 37.8 Å². The average molecular weight is 247 g/mol. The summed E-state index contributed by atoms with van der Waals surface area (Å²) in [6.45, 7) is 3.77. The maximum Gasteiger partial charge on any atom is 0.151 e. The maximum atomic E-state index is 10.6. The van der Waals surface area contributed by atoms with Gasteiger partial charge in [0.25, 0.3) is 0 Å². The lowest BCUT2D eigenvalue weighted by molar-refractivity contribution is -0.0613. The van der Waals surface area contributed by atoms with Gasteiger partial charge >= 0.3 is 0 Å². The van der Waals surface area contributed by atoms with Gasteiger partial charge < -0.3 is 10.0 Å². The highest BCUT2D eigenvalue weighted by atomic mass is 16.3. The fourth-order valence-electron chi connectivity index (χ4n) is 3.34. The van der Waals surface area contributed by atoms with E-state index in [0.29, 0.717) is 5.92 Å². The van der Waals surface area contributed by atoms with Crippen LogP contribution in [0.3, 0.4) is 0 Å². The molecule has 1 aliphatic carbocycles. The Balaban J connectivity index is 1.75. The van der Waals surface area contributed by atoms with Gasteiger partial charge in [0.15, 0.2) is 5.82 Å². The second-order valence-electron chi connectivity index (χ2n) is 5.78. The smallest absolute Gasteiger partial charge is 0.151 e. The number of nitrogens with zero attached hydrogens (tertiary/aromatic N) is 3. The van der Waals surface area contributed by atoms with Gasteiger partial charge in [-0.05, 0) is 38.3 Å². The van der Waals surface area contributed by atoms with Gasteiger partial charge in [-0.25, -0.2) is 0 Å². The molecule has 18 heavy (non-hydrogen) atoms. The fourth-order valence-corrected chi connectivity index (χ4v) is 3.34. The molecule has 2 heterocycles. The quantitative estimate of drug-likeness (QED) is 0.823. The van der Waals surface area contributed by atoms with Crippen LogP contribution in [-0.2, 0) is 0 Å². The van der Waals surface area contributed by atoms with E-state index in [2.05, 4.69) is 15.1 Å². The summed E-state index contributed by atoms with van der Waals surface area (Å²) >= 11 is 0. The summed E-state index contributed by atoms with van der Waals surface area (Å²) in [6.07, 6.45) is 5.42. The predicted molar refractivity (Wildman–Crippen MR) is 70.5 cm³/mol. The van der Waals surface area contributed by atoms with Gasteiger partial charge in [-0.1, -0.05) is 12.8 Å². The van der Waals surface area contributed by atoms with Crippen molar-refractivity contribution in [2.75, 3.05) is 18.0 Å². The normalized spacial score (nSPS) is 32.1. The van der Waals surface area contributed by atoms with Crippen LogP contribution < -0.4 is 4.90 Å². The predicted octanol–water partition coefficient (Wildman–Crippen LogP) is 1.92. The molecule has 2 atom stereocenters. The molecule has 0 bridgehead atoms. The minimum atomic E-state index is -0.410. The first-order chi connectivity index (χ1) is 8.67. The average Bonchev–Trinajstić information content (AvgIpc) is 2.39. The summed E-state index contributed by atoms with van der Waals surface area (Å²) in [5.41, 5.74) is 0.539. The summed E-state index contributed by atoms with van der Waals surface area (Å²) in [5, 5.41) is 19.0. The van der Waals surface area contributed by atoms with Gasteiger partial charge in [0.1, 0.15) is 0 Å². The van der Waals surface area contributed by atoms with Crippen LogP contribution in [0.25, 0.3) is 0 Å². The third kappa shape index (κ3) is 2.09. The first-order valence-corrected chi connectivity index (χ1v) is 6.95. The van der Waals surface area contributed by atoms with E-state index in [1.807, 2.05) is 19.1 Å². The first kappa shape index (κ1) is 11.9. The summed E-state index contributed by atoms with van der Waals surface area (Å²) in [4.78, 5) is 2.27. The van der Waals surface area contributed by atoms with Gasteiger partial charge in [-0.2, -0.15) is 5.10 Å². The number of rotatable bonds is 1. The van der Waals surface area contributed by atoms with Gasteiger partial charge in [0, 0.05) is 19.0 Å². The molecule has 1 saturated carbocycles. The van der Waals surface area contributed by atoms with E-state index >= 15 is 0 Å². The highest BCUT2D eigenvalue weighted by molar-refractivity contribution is 5.38. The zero-order valence-corrected chi connectivity index (χ0v) is 11.0. The van der Waals surface area contributed by atoms with E-state index in [-0.39, 0.29) is 0 Å². The van der Waals surface area contributed by atoms with Crippen LogP contribution in [0.5, 0.6) is 0 Å². The Labute approximate surface area is 108 Å². The lowest BCUT2D eigenvalue weighted by atomic mass is 9.71. The molecule has 98 valence electrons. The van der Waals surface area contributed by atoms with Crippen LogP contribution in [-0.4, -0.2) is 34.0 Å². The van der Waals surface area contributed by atoms with E-state index in [9.17, 15) is 5.11 Å².